The summed E-state index contributed by atoms with van der Waals surface area (Å²) in [6.45, 7) is 21.6. The predicted molar refractivity (Wildman–Crippen MR) is 158 cm³/mol. The predicted octanol–water partition coefficient (Wildman–Crippen LogP) is 6.72. The summed E-state index contributed by atoms with van der Waals surface area (Å²) in [5.74, 6) is -0.748. The van der Waals surface area contributed by atoms with Crippen LogP contribution in [-0.2, 0) is 9.59 Å². The number of hydrogen-bond donors (Lipinski definition) is 0. The number of carbonyl (C=O) groups is 2. The first-order valence-electron chi connectivity index (χ1n) is 15.0. The third-order valence-corrected chi connectivity index (χ3v) is 9.48. The topological polar surface area (TPSA) is 43.9 Å². The number of rotatable bonds is 7. The lowest BCUT2D eigenvalue weighted by atomic mass is 9.70. The number of carbonyl (C=O) groups excluding carboxylic acids is 2. The van der Waals surface area contributed by atoms with E-state index in [0.29, 0.717) is 43.6 Å². The van der Waals surface area contributed by atoms with Gasteiger partial charge in [0.25, 0.3) is 0 Å². The minimum atomic E-state index is -0.598. The fraction of sp³-hybridized carbons (Fsp3) is 0.758. The summed E-state index contributed by atoms with van der Waals surface area (Å²) in [5.41, 5.74) is 0.191. The van der Waals surface area contributed by atoms with Crippen molar-refractivity contribution >= 4 is 11.8 Å². The standard InChI is InChI=1S/C33H53F2N3O2/c1-22(39)36(10)33(8,9)19-24(18-31(2,3)4)23-13-15-37(16-14-23)30(40)28-21-38(32(5,6)7)20-27(28)26-12-11-25(34)17-29(26)35/h11-12,17,23-24,27-28H,13-16,18-21H2,1-10H3/t24?,27-,28+/m0/s1. The van der Waals surface area contributed by atoms with Gasteiger partial charge in [-0.15, -0.1) is 0 Å². The first kappa shape index (κ1) is 32.5. The number of hydrogen-bond acceptors (Lipinski definition) is 3. The Bertz CT molecular complexity index is 1050. The van der Waals surface area contributed by atoms with Crippen molar-refractivity contribution in [3.8, 4) is 0 Å². The van der Waals surface area contributed by atoms with E-state index in [1.807, 2.05) is 16.8 Å². The van der Waals surface area contributed by atoms with Crippen LogP contribution in [-0.4, -0.2) is 70.8 Å². The molecule has 2 amide bonds. The number of nitrogens with zero attached hydrogens (tertiary/aromatic N) is 3. The summed E-state index contributed by atoms with van der Waals surface area (Å²) in [6.07, 6.45) is 3.85. The van der Waals surface area contributed by atoms with Crippen LogP contribution in [0.25, 0.3) is 0 Å². The zero-order valence-corrected chi connectivity index (χ0v) is 26.6. The first-order valence-corrected chi connectivity index (χ1v) is 15.0. The van der Waals surface area contributed by atoms with Crippen LogP contribution in [0.15, 0.2) is 18.2 Å². The lowest BCUT2D eigenvalue weighted by Crippen LogP contribution is -2.48. The van der Waals surface area contributed by atoms with Crippen LogP contribution in [0.4, 0.5) is 8.78 Å². The molecule has 226 valence electrons. The average Bonchev–Trinajstić information content (AvgIpc) is 3.27. The molecule has 2 fully saturated rings. The molecule has 7 heteroatoms. The SMILES string of the molecule is CC(=O)N(C)C(C)(C)CC(CC(C)(C)C)C1CCN(C(=O)[C@@H]2CN(C(C)(C)C)C[C@H]2c2ccc(F)cc2F)CC1. The summed E-state index contributed by atoms with van der Waals surface area (Å²) in [6, 6.07) is 3.75. The van der Waals surface area contributed by atoms with Crippen molar-refractivity contribution in [2.45, 2.75) is 105 Å². The number of amides is 2. The Hall–Kier alpha value is -2.02. The van der Waals surface area contributed by atoms with Gasteiger partial charge in [0.05, 0.1) is 5.92 Å². The van der Waals surface area contributed by atoms with Gasteiger partial charge in [-0.2, -0.15) is 0 Å². The normalized spacial score (nSPS) is 22.4. The van der Waals surface area contributed by atoms with Gasteiger partial charge in [-0.1, -0.05) is 26.8 Å². The third-order valence-electron chi connectivity index (χ3n) is 9.48. The van der Waals surface area contributed by atoms with Gasteiger partial charge in [0, 0.05) is 63.2 Å². The van der Waals surface area contributed by atoms with Gasteiger partial charge in [0.1, 0.15) is 11.6 Å². The quantitative estimate of drug-likeness (QED) is 0.371. The minimum Gasteiger partial charge on any atom is -0.342 e. The highest BCUT2D eigenvalue weighted by Crippen LogP contribution is 2.42. The molecule has 2 aliphatic rings. The monoisotopic (exact) mass is 561 g/mol. The van der Waals surface area contributed by atoms with Crippen LogP contribution in [0.5, 0.6) is 0 Å². The van der Waals surface area contributed by atoms with Crippen LogP contribution in [0.3, 0.4) is 0 Å². The Balaban J connectivity index is 1.77. The Kier molecular flexibility index (Phi) is 9.80. The van der Waals surface area contributed by atoms with Gasteiger partial charge in [-0.05, 0) is 89.2 Å². The summed E-state index contributed by atoms with van der Waals surface area (Å²) in [7, 11) is 1.89. The van der Waals surface area contributed by atoms with Crippen LogP contribution in [0, 0.1) is 34.8 Å². The second-order valence-electron chi connectivity index (χ2n) is 15.2. The maximum absolute atomic E-state index is 14.9. The summed E-state index contributed by atoms with van der Waals surface area (Å²) in [4.78, 5) is 32.3. The van der Waals surface area contributed by atoms with Gasteiger partial charge in [0.15, 0.2) is 0 Å². The first-order chi connectivity index (χ1) is 18.3. The van der Waals surface area contributed by atoms with Crippen molar-refractivity contribution in [2.75, 3.05) is 33.2 Å². The highest BCUT2D eigenvalue weighted by Gasteiger charge is 2.45. The zero-order chi connectivity index (χ0) is 30.2. The number of halogens is 2. The van der Waals surface area contributed by atoms with E-state index >= 15 is 0 Å². The average molecular weight is 562 g/mol. The molecule has 3 rings (SSSR count). The maximum atomic E-state index is 14.9. The van der Waals surface area contributed by atoms with E-state index in [0.717, 1.165) is 31.7 Å². The van der Waals surface area contributed by atoms with E-state index < -0.39 is 11.6 Å². The van der Waals surface area contributed by atoms with E-state index in [1.54, 1.807) is 6.92 Å². The molecule has 0 N–H and O–H groups in total. The zero-order valence-electron chi connectivity index (χ0n) is 26.6. The molecule has 0 bridgehead atoms. The Morgan fingerprint density at radius 1 is 0.975 bits per heavy atom. The Labute approximate surface area is 241 Å². The molecule has 0 radical (unpaired) electrons. The van der Waals surface area contributed by atoms with Crippen LogP contribution >= 0.6 is 0 Å². The van der Waals surface area contributed by atoms with Crippen LogP contribution in [0.2, 0.25) is 0 Å². The van der Waals surface area contributed by atoms with Gasteiger partial charge in [0.2, 0.25) is 11.8 Å². The van der Waals surface area contributed by atoms with Crippen molar-refractivity contribution in [1.29, 1.82) is 0 Å². The molecule has 1 aromatic rings. The number of piperidine rings is 1. The Morgan fingerprint density at radius 2 is 1.57 bits per heavy atom. The van der Waals surface area contributed by atoms with Crippen LogP contribution < -0.4 is 0 Å². The van der Waals surface area contributed by atoms with Gasteiger partial charge in [-0.25, -0.2) is 8.78 Å². The van der Waals surface area contributed by atoms with Crippen molar-refractivity contribution in [3.05, 3.63) is 35.4 Å². The van der Waals surface area contributed by atoms with Crippen molar-refractivity contribution in [2.24, 2.45) is 23.2 Å². The molecule has 1 unspecified atom stereocenters. The van der Waals surface area contributed by atoms with Crippen molar-refractivity contribution in [3.63, 3.8) is 0 Å². The number of likely N-dealkylation sites (tertiary alicyclic amines) is 2. The highest BCUT2D eigenvalue weighted by molar-refractivity contribution is 5.81. The van der Waals surface area contributed by atoms with Gasteiger partial charge in [-0.3, -0.25) is 14.5 Å². The summed E-state index contributed by atoms with van der Waals surface area (Å²) >= 11 is 0. The fourth-order valence-electron chi connectivity index (χ4n) is 6.94. The van der Waals surface area contributed by atoms with E-state index in [4.69, 9.17) is 0 Å². The molecule has 40 heavy (non-hydrogen) atoms. The largest absolute Gasteiger partial charge is 0.342 e. The van der Waals surface area contributed by atoms with E-state index in [-0.39, 0.29) is 40.1 Å². The smallest absolute Gasteiger partial charge is 0.227 e. The molecule has 0 aromatic heterocycles. The van der Waals surface area contributed by atoms with Crippen LogP contribution in [0.1, 0.15) is 99.5 Å². The highest BCUT2D eigenvalue weighted by atomic mass is 19.1. The Morgan fingerprint density at radius 3 is 2.08 bits per heavy atom. The van der Waals surface area contributed by atoms with E-state index in [1.165, 1.54) is 12.1 Å². The minimum absolute atomic E-state index is 0.0768. The molecule has 0 spiro atoms. The lowest BCUT2D eigenvalue weighted by Gasteiger charge is -2.44. The molecule has 5 nitrogen and oxygen atoms in total. The summed E-state index contributed by atoms with van der Waals surface area (Å²) < 4.78 is 28.6. The molecule has 2 aliphatic heterocycles. The molecule has 1 aromatic carbocycles. The molecular weight excluding hydrogens is 508 g/mol. The molecule has 0 aliphatic carbocycles. The molecular formula is C33H53F2N3O2. The van der Waals surface area contributed by atoms with Gasteiger partial charge >= 0.3 is 0 Å². The fourth-order valence-corrected chi connectivity index (χ4v) is 6.94. The molecule has 0 saturated carbocycles. The van der Waals surface area contributed by atoms with E-state index in [9.17, 15) is 18.4 Å². The summed E-state index contributed by atoms with van der Waals surface area (Å²) in [5, 5.41) is 0. The lowest BCUT2D eigenvalue weighted by molar-refractivity contribution is -0.138. The molecule has 2 heterocycles. The second-order valence-corrected chi connectivity index (χ2v) is 15.2. The molecule has 3 atom stereocenters. The molecule has 2 saturated heterocycles. The van der Waals surface area contributed by atoms with Gasteiger partial charge < -0.3 is 9.80 Å². The van der Waals surface area contributed by atoms with E-state index in [2.05, 4.69) is 60.3 Å². The number of benzene rings is 1. The maximum Gasteiger partial charge on any atom is 0.227 e. The third kappa shape index (κ3) is 7.83. The second kappa shape index (κ2) is 12.1. The van der Waals surface area contributed by atoms with Crippen molar-refractivity contribution < 1.29 is 18.4 Å². The van der Waals surface area contributed by atoms with Crippen molar-refractivity contribution in [1.82, 2.24) is 14.7 Å².